The number of rotatable bonds is 4. The third-order valence-electron chi connectivity index (χ3n) is 2.12. The smallest absolute Gasteiger partial charge is 0.192 e. The lowest BCUT2D eigenvalue weighted by molar-refractivity contribution is 0.614. The van der Waals surface area contributed by atoms with E-state index in [1.807, 2.05) is 6.08 Å². The van der Waals surface area contributed by atoms with E-state index in [1.54, 1.807) is 0 Å². The van der Waals surface area contributed by atoms with Crippen LogP contribution in [-0.2, 0) is 4.12 Å². The van der Waals surface area contributed by atoms with Crippen LogP contribution in [0.5, 0.6) is 0 Å². The van der Waals surface area contributed by atoms with Gasteiger partial charge in [0.15, 0.2) is 18.1 Å². The molecule has 0 aliphatic carbocycles. The fourth-order valence-electron chi connectivity index (χ4n) is 1.39. The number of hydrogen-bond acceptors (Lipinski definition) is 1. The summed E-state index contributed by atoms with van der Waals surface area (Å²) in [5, 5.41) is 1.39. The van der Waals surface area contributed by atoms with E-state index in [0.29, 0.717) is 0 Å². The molecular weight excluding hydrogens is 204 g/mol. The van der Waals surface area contributed by atoms with Gasteiger partial charge in [0, 0.05) is 0 Å². The molecule has 1 rings (SSSR count). The Morgan fingerprint density at radius 2 is 1.71 bits per heavy atom. The van der Waals surface area contributed by atoms with Crippen LogP contribution in [0.25, 0.3) is 6.08 Å². The molecule has 1 nitrogen and oxygen atoms in total. The van der Waals surface area contributed by atoms with Gasteiger partial charge in [-0.1, -0.05) is 36.9 Å². The molecule has 3 heteroatoms. The van der Waals surface area contributed by atoms with E-state index in [2.05, 4.69) is 50.5 Å². The van der Waals surface area contributed by atoms with Gasteiger partial charge in [-0.05, 0) is 30.4 Å². The van der Waals surface area contributed by atoms with Crippen molar-refractivity contribution < 1.29 is 4.12 Å². The van der Waals surface area contributed by atoms with Crippen LogP contribution in [-0.4, -0.2) is 18.1 Å². The molecule has 0 saturated heterocycles. The van der Waals surface area contributed by atoms with Gasteiger partial charge in [0.25, 0.3) is 0 Å². The Bertz CT molecular complexity index is 293. The van der Waals surface area contributed by atoms with Crippen molar-refractivity contribution in [3.8, 4) is 0 Å². The molecule has 14 heavy (non-hydrogen) atoms. The van der Waals surface area contributed by atoms with Gasteiger partial charge in [-0.25, -0.2) is 0 Å². The van der Waals surface area contributed by atoms with Crippen molar-refractivity contribution in [2.24, 2.45) is 0 Å². The Morgan fingerprint density at radius 1 is 1.14 bits per heavy atom. The fraction of sp³-hybridized carbons (Fsp3) is 0.273. The van der Waals surface area contributed by atoms with E-state index < -0.39 is 18.1 Å². The summed E-state index contributed by atoms with van der Waals surface area (Å²) < 4.78 is 5.96. The van der Waals surface area contributed by atoms with Gasteiger partial charge in [0.2, 0.25) is 0 Å². The number of benzene rings is 1. The molecule has 0 radical (unpaired) electrons. The monoisotopic (exact) mass is 222 g/mol. The molecule has 1 unspecified atom stereocenters. The molecule has 1 aromatic rings. The maximum Gasteiger partial charge on any atom is 0.192 e. The molecule has 0 N–H and O–H groups in total. The molecule has 0 aliphatic heterocycles. The van der Waals surface area contributed by atoms with Gasteiger partial charge in [-0.15, -0.1) is 0 Å². The van der Waals surface area contributed by atoms with E-state index >= 15 is 0 Å². The first-order valence-electron chi connectivity index (χ1n) is 5.01. The minimum Gasteiger partial charge on any atom is -0.457 e. The van der Waals surface area contributed by atoms with Crippen molar-refractivity contribution in [2.45, 2.75) is 19.6 Å². The van der Waals surface area contributed by atoms with Gasteiger partial charge in [-0.3, -0.25) is 0 Å². The van der Waals surface area contributed by atoms with E-state index in [1.165, 1.54) is 10.8 Å². The fourth-order valence-corrected chi connectivity index (χ4v) is 6.02. The van der Waals surface area contributed by atoms with Crippen LogP contribution in [0.4, 0.5) is 0 Å². The van der Waals surface area contributed by atoms with Crippen molar-refractivity contribution >= 4 is 29.3 Å². The summed E-state index contributed by atoms with van der Waals surface area (Å²) in [6, 6.07) is 8.56. The summed E-state index contributed by atoms with van der Waals surface area (Å²) in [5.74, 6) is 0. The van der Waals surface area contributed by atoms with E-state index in [0.717, 1.165) is 0 Å². The highest BCUT2D eigenvalue weighted by atomic mass is 28.4. The molecule has 0 aliphatic rings. The maximum atomic E-state index is 5.96. The Kier molecular flexibility index (Phi) is 4.32. The molecule has 0 spiro atoms. The SMILES string of the molecule is C=Cc1ccc([SiH](C)O[SiH](C)C)cc1. The Labute approximate surface area is 89.9 Å². The lowest BCUT2D eigenvalue weighted by atomic mass is 10.2. The quantitative estimate of drug-likeness (QED) is 0.707. The number of hydrogen-bond donors (Lipinski definition) is 0. The third-order valence-corrected chi connectivity index (χ3v) is 7.25. The van der Waals surface area contributed by atoms with Crippen molar-refractivity contribution in [1.29, 1.82) is 0 Å². The van der Waals surface area contributed by atoms with Crippen LogP contribution in [0.2, 0.25) is 19.6 Å². The topological polar surface area (TPSA) is 9.23 Å². The zero-order valence-corrected chi connectivity index (χ0v) is 11.5. The van der Waals surface area contributed by atoms with Crippen LogP contribution in [0.3, 0.4) is 0 Å². The van der Waals surface area contributed by atoms with Crippen LogP contribution >= 0.6 is 0 Å². The van der Waals surface area contributed by atoms with Crippen molar-refractivity contribution in [3.63, 3.8) is 0 Å². The lowest BCUT2D eigenvalue weighted by Crippen LogP contribution is -2.34. The molecule has 1 aromatic carbocycles. The summed E-state index contributed by atoms with van der Waals surface area (Å²) in [6.45, 7) is 10.4. The first-order valence-corrected chi connectivity index (χ1v) is 9.99. The molecular formula is C11H18OSi2. The highest BCUT2D eigenvalue weighted by Crippen LogP contribution is 2.00. The average Bonchev–Trinajstić information content (AvgIpc) is 2.17. The normalized spacial score (nSPS) is 12.9. The van der Waals surface area contributed by atoms with Gasteiger partial charge in [0.05, 0.1) is 0 Å². The van der Waals surface area contributed by atoms with Gasteiger partial charge < -0.3 is 4.12 Å². The minimum atomic E-state index is -1.12. The van der Waals surface area contributed by atoms with Gasteiger partial charge in [0.1, 0.15) is 0 Å². The van der Waals surface area contributed by atoms with E-state index in [-0.39, 0.29) is 0 Å². The zero-order chi connectivity index (χ0) is 10.6. The van der Waals surface area contributed by atoms with E-state index in [9.17, 15) is 0 Å². The zero-order valence-electron chi connectivity index (χ0n) is 9.16. The molecule has 1 atom stereocenters. The largest absolute Gasteiger partial charge is 0.457 e. The summed E-state index contributed by atoms with van der Waals surface area (Å²) in [6.07, 6.45) is 1.87. The second-order valence-electron chi connectivity index (χ2n) is 3.70. The van der Waals surface area contributed by atoms with Crippen molar-refractivity contribution in [1.82, 2.24) is 0 Å². The van der Waals surface area contributed by atoms with E-state index in [4.69, 9.17) is 4.12 Å². The predicted octanol–water partition coefficient (Wildman–Crippen LogP) is 1.89. The summed E-state index contributed by atoms with van der Waals surface area (Å²) in [5.41, 5.74) is 1.18. The van der Waals surface area contributed by atoms with Crippen LogP contribution in [0, 0.1) is 0 Å². The van der Waals surface area contributed by atoms with Gasteiger partial charge >= 0.3 is 0 Å². The predicted molar refractivity (Wildman–Crippen MR) is 69.1 cm³/mol. The Hall–Kier alpha value is -0.646. The molecule has 0 amide bonds. The second kappa shape index (κ2) is 5.29. The molecule has 0 bridgehead atoms. The lowest BCUT2D eigenvalue weighted by Gasteiger charge is -2.14. The third kappa shape index (κ3) is 3.25. The highest BCUT2D eigenvalue weighted by Gasteiger charge is 2.09. The van der Waals surface area contributed by atoms with Crippen LogP contribution in [0.1, 0.15) is 5.56 Å². The molecule has 0 fully saturated rings. The average molecular weight is 222 g/mol. The van der Waals surface area contributed by atoms with Crippen LogP contribution < -0.4 is 5.19 Å². The maximum absolute atomic E-state index is 5.96. The Morgan fingerprint density at radius 3 is 2.14 bits per heavy atom. The first kappa shape index (κ1) is 11.4. The summed E-state index contributed by atoms with van der Waals surface area (Å²) in [4.78, 5) is 0. The Balaban J connectivity index is 2.71. The van der Waals surface area contributed by atoms with Crippen LogP contribution in [0.15, 0.2) is 30.8 Å². The van der Waals surface area contributed by atoms with Gasteiger partial charge in [-0.2, -0.15) is 0 Å². The minimum absolute atomic E-state index is 0.876. The second-order valence-corrected chi connectivity index (χ2v) is 8.84. The molecule has 0 saturated carbocycles. The van der Waals surface area contributed by atoms with Crippen molar-refractivity contribution in [2.75, 3.05) is 0 Å². The molecule has 0 aromatic heterocycles. The first-order chi connectivity index (χ1) is 6.63. The summed E-state index contributed by atoms with van der Waals surface area (Å²) in [7, 11) is -2.00. The van der Waals surface area contributed by atoms with Crippen molar-refractivity contribution in [3.05, 3.63) is 36.4 Å². The standard InChI is InChI=1S/C11H18OSi2/c1-5-10-6-8-11(9-7-10)14(4)12-13(2)3/h5-9,13-14H,1H2,2-4H3. The summed E-state index contributed by atoms with van der Waals surface area (Å²) >= 11 is 0. The highest BCUT2D eigenvalue weighted by molar-refractivity contribution is 6.73. The molecule has 76 valence electrons. The molecule has 0 heterocycles.